The molecular formula is C13H10ClNO3. The lowest BCUT2D eigenvalue weighted by Crippen LogP contribution is -2.13. The number of nitrogens with one attached hydrogen (secondary N) is 1. The van der Waals surface area contributed by atoms with Crippen LogP contribution in [0.4, 0.5) is 0 Å². The van der Waals surface area contributed by atoms with Crippen molar-refractivity contribution < 1.29 is 9.53 Å². The van der Waals surface area contributed by atoms with Gasteiger partial charge in [-0.05, 0) is 23.8 Å². The van der Waals surface area contributed by atoms with Gasteiger partial charge in [0.05, 0.1) is 0 Å². The van der Waals surface area contributed by atoms with Crippen LogP contribution in [0.5, 0.6) is 0 Å². The van der Waals surface area contributed by atoms with Gasteiger partial charge in [-0.3, -0.25) is 4.79 Å². The van der Waals surface area contributed by atoms with Gasteiger partial charge in [-0.15, -0.1) is 0 Å². The first-order valence-electron chi connectivity index (χ1n) is 5.26. The summed E-state index contributed by atoms with van der Waals surface area (Å²) in [6.07, 6.45) is 0. The Kier molecular flexibility index (Phi) is 3.79. The topological polar surface area (TPSA) is 59.2 Å². The summed E-state index contributed by atoms with van der Waals surface area (Å²) in [5.41, 5.74) is 0.575. The molecule has 4 nitrogen and oxygen atoms in total. The summed E-state index contributed by atoms with van der Waals surface area (Å²) < 4.78 is 5.06. The van der Waals surface area contributed by atoms with Gasteiger partial charge >= 0.3 is 5.97 Å². The van der Waals surface area contributed by atoms with E-state index in [-0.39, 0.29) is 17.9 Å². The lowest BCUT2D eigenvalue weighted by atomic mass is 10.2. The SMILES string of the molecule is O=C(OCc1cccc(Cl)c1)c1cccc(=O)[nH]1. The predicted molar refractivity (Wildman–Crippen MR) is 67.6 cm³/mol. The average Bonchev–Trinajstić information content (AvgIpc) is 2.36. The highest BCUT2D eigenvalue weighted by Gasteiger charge is 2.07. The molecule has 18 heavy (non-hydrogen) atoms. The summed E-state index contributed by atoms with van der Waals surface area (Å²) >= 11 is 5.81. The molecule has 0 atom stereocenters. The van der Waals surface area contributed by atoms with Crippen molar-refractivity contribution in [2.45, 2.75) is 6.61 Å². The van der Waals surface area contributed by atoms with Gasteiger partial charge in [0.1, 0.15) is 12.3 Å². The zero-order chi connectivity index (χ0) is 13.0. The second-order valence-corrected chi connectivity index (χ2v) is 4.07. The van der Waals surface area contributed by atoms with Crippen molar-refractivity contribution in [3.8, 4) is 0 Å². The first-order chi connectivity index (χ1) is 8.65. The van der Waals surface area contributed by atoms with Crippen molar-refractivity contribution in [2.75, 3.05) is 0 Å². The summed E-state index contributed by atoms with van der Waals surface area (Å²) in [6.45, 7) is 0.107. The smallest absolute Gasteiger partial charge is 0.355 e. The number of hydrogen-bond donors (Lipinski definition) is 1. The molecule has 2 rings (SSSR count). The van der Waals surface area contributed by atoms with Crippen molar-refractivity contribution in [3.63, 3.8) is 0 Å². The maximum absolute atomic E-state index is 11.6. The Hall–Kier alpha value is -2.07. The molecule has 1 aromatic carbocycles. The Morgan fingerprint density at radius 3 is 2.72 bits per heavy atom. The van der Waals surface area contributed by atoms with Gasteiger partial charge in [0.2, 0.25) is 5.56 Å². The third kappa shape index (κ3) is 3.21. The fourth-order valence-corrected chi connectivity index (χ4v) is 1.63. The highest BCUT2D eigenvalue weighted by Crippen LogP contribution is 2.11. The van der Waals surface area contributed by atoms with Gasteiger partial charge in [-0.25, -0.2) is 4.79 Å². The van der Waals surface area contributed by atoms with E-state index in [0.717, 1.165) is 5.56 Å². The second-order valence-electron chi connectivity index (χ2n) is 3.63. The molecule has 0 spiro atoms. The van der Waals surface area contributed by atoms with E-state index in [2.05, 4.69) is 4.98 Å². The fourth-order valence-electron chi connectivity index (χ4n) is 1.42. The number of ether oxygens (including phenoxy) is 1. The summed E-state index contributed by atoms with van der Waals surface area (Å²) in [5, 5.41) is 0.580. The first-order valence-corrected chi connectivity index (χ1v) is 5.64. The fraction of sp³-hybridized carbons (Fsp3) is 0.0769. The van der Waals surface area contributed by atoms with Gasteiger partial charge in [-0.2, -0.15) is 0 Å². The molecule has 0 bridgehead atoms. The number of halogens is 1. The number of rotatable bonds is 3. The molecule has 0 aliphatic rings. The normalized spacial score (nSPS) is 10.1. The number of carbonyl (C=O) groups excluding carboxylic acids is 1. The van der Waals surface area contributed by atoms with Gasteiger partial charge in [-0.1, -0.05) is 29.8 Å². The van der Waals surface area contributed by atoms with Crippen molar-refractivity contribution in [1.29, 1.82) is 0 Å². The third-order valence-corrected chi connectivity index (χ3v) is 2.48. The molecule has 5 heteroatoms. The summed E-state index contributed by atoms with van der Waals surface area (Å²) in [7, 11) is 0. The van der Waals surface area contributed by atoms with E-state index in [9.17, 15) is 9.59 Å². The van der Waals surface area contributed by atoms with E-state index in [0.29, 0.717) is 5.02 Å². The minimum atomic E-state index is -0.576. The number of carbonyl (C=O) groups is 1. The van der Waals surface area contributed by atoms with Crippen molar-refractivity contribution in [2.24, 2.45) is 0 Å². The molecule has 92 valence electrons. The average molecular weight is 264 g/mol. The molecule has 1 heterocycles. The zero-order valence-corrected chi connectivity index (χ0v) is 10.1. The van der Waals surface area contributed by atoms with Crippen molar-refractivity contribution in [1.82, 2.24) is 4.98 Å². The summed E-state index contributed by atoms with van der Waals surface area (Å²) in [6, 6.07) is 11.3. The lowest BCUT2D eigenvalue weighted by Gasteiger charge is -2.04. The van der Waals surface area contributed by atoms with Crippen LogP contribution < -0.4 is 5.56 Å². The summed E-state index contributed by atoms with van der Waals surface area (Å²) in [5.74, 6) is -0.576. The van der Waals surface area contributed by atoms with Crippen LogP contribution in [0.3, 0.4) is 0 Å². The highest BCUT2D eigenvalue weighted by molar-refractivity contribution is 6.30. The standard InChI is InChI=1S/C13H10ClNO3/c14-10-4-1-3-9(7-10)8-18-13(17)11-5-2-6-12(16)15-11/h1-7H,8H2,(H,15,16). The van der Waals surface area contributed by atoms with Crippen LogP contribution in [-0.4, -0.2) is 11.0 Å². The van der Waals surface area contributed by atoms with Crippen molar-refractivity contribution in [3.05, 3.63) is 69.1 Å². The number of pyridine rings is 1. The maximum atomic E-state index is 11.6. The maximum Gasteiger partial charge on any atom is 0.355 e. The molecule has 0 unspecified atom stereocenters. The molecule has 0 aliphatic heterocycles. The number of hydrogen-bond acceptors (Lipinski definition) is 3. The molecule has 0 amide bonds. The van der Waals surface area contributed by atoms with E-state index in [1.165, 1.54) is 18.2 Å². The number of benzene rings is 1. The van der Waals surface area contributed by atoms with Gasteiger partial charge in [0, 0.05) is 11.1 Å². The highest BCUT2D eigenvalue weighted by atomic mass is 35.5. The van der Waals surface area contributed by atoms with Crippen LogP contribution in [0.25, 0.3) is 0 Å². The molecular weight excluding hydrogens is 254 g/mol. The third-order valence-electron chi connectivity index (χ3n) is 2.25. The molecule has 0 aliphatic carbocycles. The van der Waals surface area contributed by atoms with Crippen LogP contribution in [-0.2, 0) is 11.3 Å². The monoisotopic (exact) mass is 263 g/mol. The van der Waals surface area contributed by atoms with Gasteiger partial charge in [0.15, 0.2) is 0 Å². The van der Waals surface area contributed by atoms with Crippen LogP contribution >= 0.6 is 11.6 Å². The largest absolute Gasteiger partial charge is 0.456 e. The Balaban J connectivity index is 2.03. The number of esters is 1. The number of aromatic nitrogens is 1. The van der Waals surface area contributed by atoms with Crippen LogP contribution in [0.15, 0.2) is 47.3 Å². The van der Waals surface area contributed by atoms with E-state index >= 15 is 0 Å². The zero-order valence-electron chi connectivity index (χ0n) is 9.35. The second kappa shape index (κ2) is 5.51. The lowest BCUT2D eigenvalue weighted by molar-refractivity contribution is 0.0465. The minimum absolute atomic E-state index is 0.107. The van der Waals surface area contributed by atoms with E-state index in [4.69, 9.17) is 16.3 Å². The quantitative estimate of drug-likeness (QED) is 0.865. The number of aromatic amines is 1. The van der Waals surface area contributed by atoms with Crippen LogP contribution in [0, 0.1) is 0 Å². The van der Waals surface area contributed by atoms with Crippen molar-refractivity contribution >= 4 is 17.6 Å². The molecule has 0 fully saturated rings. The molecule has 1 N–H and O–H groups in total. The van der Waals surface area contributed by atoms with Crippen LogP contribution in [0.1, 0.15) is 16.1 Å². The van der Waals surface area contributed by atoms with Gasteiger partial charge in [0.25, 0.3) is 0 Å². The van der Waals surface area contributed by atoms with E-state index < -0.39 is 5.97 Å². The van der Waals surface area contributed by atoms with E-state index in [1.807, 2.05) is 0 Å². The van der Waals surface area contributed by atoms with Crippen LogP contribution in [0.2, 0.25) is 5.02 Å². The molecule has 0 saturated heterocycles. The number of H-pyrrole nitrogens is 1. The molecule has 0 radical (unpaired) electrons. The Bertz CT molecular complexity index is 621. The van der Waals surface area contributed by atoms with Gasteiger partial charge < -0.3 is 9.72 Å². The molecule has 0 saturated carbocycles. The Morgan fingerprint density at radius 1 is 1.22 bits per heavy atom. The van der Waals surface area contributed by atoms with E-state index in [1.54, 1.807) is 24.3 Å². The Labute approximate surface area is 108 Å². The molecule has 1 aromatic heterocycles. The Morgan fingerprint density at radius 2 is 2.00 bits per heavy atom. The first kappa shape index (κ1) is 12.4. The minimum Gasteiger partial charge on any atom is -0.456 e. The molecule has 2 aromatic rings. The predicted octanol–water partition coefficient (Wildman–Crippen LogP) is 2.39. The summed E-state index contributed by atoms with van der Waals surface area (Å²) in [4.78, 5) is 25.1.